The first-order valence-corrected chi connectivity index (χ1v) is 3.11. The van der Waals surface area contributed by atoms with E-state index in [0.717, 1.165) is 11.7 Å². The fourth-order valence-corrected chi connectivity index (χ4v) is 0.713. The molecular weight excluding hydrogens is 128 g/mol. The molecule has 3 heteroatoms. The van der Waals surface area contributed by atoms with Crippen LogP contribution in [0.15, 0.2) is 18.2 Å². The third-order valence-corrected chi connectivity index (χ3v) is 1.26. The Kier molecular flexibility index (Phi) is 2.10. The standard InChI is InChI=1S/C7H10N2O/c1-8-6-4-3-5-7(9-6)10-2/h3-5H,1-2H3,(H,8,9)/p+1. The topological polar surface area (TPSA) is 35.4 Å². The van der Waals surface area contributed by atoms with Gasteiger partial charge in [-0.15, -0.1) is 0 Å². The number of hydrogen-bond donors (Lipinski definition) is 1. The largest absolute Gasteiger partial charge is 0.466 e. The van der Waals surface area contributed by atoms with E-state index in [1.807, 2.05) is 25.2 Å². The van der Waals surface area contributed by atoms with Crippen molar-refractivity contribution in [2.75, 3.05) is 19.5 Å². The van der Waals surface area contributed by atoms with Crippen molar-refractivity contribution in [3.63, 3.8) is 0 Å². The van der Waals surface area contributed by atoms with Crippen molar-refractivity contribution < 1.29 is 9.72 Å². The van der Waals surface area contributed by atoms with Gasteiger partial charge in [0.15, 0.2) is 0 Å². The minimum atomic E-state index is 0.756. The molecule has 0 unspecified atom stereocenters. The average molecular weight is 139 g/mol. The highest BCUT2D eigenvalue weighted by Crippen LogP contribution is 2.02. The van der Waals surface area contributed by atoms with Crippen LogP contribution in [0, 0.1) is 0 Å². The summed E-state index contributed by atoms with van der Waals surface area (Å²) in [5.74, 6) is 1.70. The summed E-state index contributed by atoms with van der Waals surface area (Å²) in [6.07, 6.45) is 0. The Morgan fingerprint density at radius 3 is 2.90 bits per heavy atom. The average Bonchev–Trinajstić information content (AvgIpc) is 2.05. The zero-order valence-corrected chi connectivity index (χ0v) is 6.14. The minimum absolute atomic E-state index is 0.756. The molecule has 3 nitrogen and oxygen atoms in total. The quantitative estimate of drug-likeness (QED) is 0.649. The molecule has 10 heavy (non-hydrogen) atoms. The van der Waals surface area contributed by atoms with Crippen LogP contribution in [0.25, 0.3) is 0 Å². The Balaban J connectivity index is 2.87. The molecule has 0 saturated carbocycles. The molecule has 0 aliphatic carbocycles. The van der Waals surface area contributed by atoms with Gasteiger partial charge in [-0.3, -0.25) is 5.32 Å². The van der Waals surface area contributed by atoms with Crippen LogP contribution in [0.5, 0.6) is 5.88 Å². The van der Waals surface area contributed by atoms with Gasteiger partial charge in [0.25, 0.3) is 11.7 Å². The lowest BCUT2D eigenvalue weighted by molar-refractivity contribution is -0.376. The molecule has 1 rings (SSSR count). The summed E-state index contributed by atoms with van der Waals surface area (Å²) in [6, 6.07) is 5.71. The molecular formula is C7H11N2O+. The number of H-pyrrole nitrogens is 1. The summed E-state index contributed by atoms with van der Waals surface area (Å²) in [5.41, 5.74) is 0. The molecule has 0 saturated heterocycles. The molecule has 0 aliphatic heterocycles. The van der Waals surface area contributed by atoms with Crippen LogP contribution in [0.2, 0.25) is 0 Å². The highest BCUT2D eigenvalue weighted by Gasteiger charge is 1.97. The Morgan fingerprint density at radius 1 is 1.50 bits per heavy atom. The van der Waals surface area contributed by atoms with E-state index >= 15 is 0 Å². The summed E-state index contributed by atoms with van der Waals surface area (Å²) < 4.78 is 4.96. The molecule has 0 fully saturated rings. The number of pyridine rings is 1. The minimum Gasteiger partial charge on any atom is -0.466 e. The summed E-state index contributed by atoms with van der Waals surface area (Å²) >= 11 is 0. The van der Waals surface area contributed by atoms with E-state index in [2.05, 4.69) is 10.3 Å². The maximum absolute atomic E-state index is 4.96. The Bertz CT molecular complexity index is 193. The third kappa shape index (κ3) is 1.37. The molecule has 0 radical (unpaired) electrons. The van der Waals surface area contributed by atoms with Gasteiger partial charge in [-0.2, -0.15) is 0 Å². The van der Waals surface area contributed by atoms with E-state index < -0.39 is 0 Å². The fourth-order valence-electron chi connectivity index (χ4n) is 0.713. The van der Waals surface area contributed by atoms with Gasteiger partial charge in [0.05, 0.1) is 14.2 Å². The lowest BCUT2D eigenvalue weighted by atomic mass is 10.4. The van der Waals surface area contributed by atoms with Crippen molar-refractivity contribution in [1.29, 1.82) is 0 Å². The van der Waals surface area contributed by atoms with Crippen molar-refractivity contribution in [3.8, 4) is 5.88 Å². The van der Waals surface area contributed by atoms with E-state index in [1.54, 1.807) is 7.11 Å². The van der Waals surface area contributed by atoms with Crippen LogP contribution < -0.4 is 15.0 Å². The van der Waals surface area contributed by atoms with Crippen molar-refractivity contribution >= 4 is 5.82 Å². The first-order chi connectivity index (χ1) is 4.86. The smallest absolute Gasteiger partial charge is 0.281 e. The van der Waals surface area contributed by atoms with Crippen molar-refractivity contribution in [2.24, 2.45) is 0 Å². The second-order valence-corrected chi connectivity index (χ2v) is 1.88. The number of aromatic nitrogens is 1. The van der Waals surface area contributed by atoms with Crippen molar-refractivity contribution in [1.82, 2.24) is 0 Å². The van der Waals surface area contributed by atoms with Gasteiger partial charge >= 0.3 is 0 Å². The zero-order valence-electron chi connectivity index (χ0n) is 6.14. The number of aromatic amines is 1. The molecule has 0 amide bonds. The number of ether oxygens (including phenoxy) is 1. The normalized spacial score (nSPS) is 9.00. The molecule has 1 aromatic rings. The zero-order chi connectivity index (χ0) is 7.40. The van der Waals surface area contributed by atoms with Crippen LogP contribution in [0.4, 0.5) is 5.82 Å². The van der Waals surface area contributed by atoms with E-state index in [0.29, 0.717) is 0 Å². The molecule has 1 aromatic heterocycles. The van der Waals surface area contributed by atoms with E-state index in [-0.39, 0.29) is 0 Å². The van der Waals surface area contributed by atoms with Gasteiger partial charge < -0.3 is 4.74 Å². The fraction of sp³-hybridized carbons (Fsp3) is 0.286. The maximum Gasteiger partial charge on any atom is 0.281 e. The van der Waals surface area contributed by atoms with Crippen LogP contribution in [0.1, 0.15) is 0 Å². The number of methoxy groups -OCH3 is 1. The lowest BCUT2D eigenvalue weighted by Gasteiger charge is -1.95. The number of anilines is 1. The Hall–Kier alpha value is -1.25. The van der Waals surface area contributed by atoms with Gasteiger partial charge in [0, 0.05) is 12.1 Å². The first kappa shape index (κ1) is 6.86. The summed E-state index contributed by atoms with van der Waals surface area (Å²) in [7, 11) is 3.48. The van der Waals surface area contributed by atoms with Gasteiger partial charge in [0.1, 0.15) is 0 Å². The van der Waals surface area contributed by atoms with Crippen LogP contribution in [-0.4, -0.2) is 14.2 Å². The van der Waals surface area contributed by atoms with E-state index in [4.69, 9.17) is 4.74 Å². The van der Waals surface area contributed by atoms with Crippen molar-refractivity contribution in [2.45, 2.75) is 0 Å². The molecule has 2 N–H and O–H groups in total. The predicted octanol–water partition coefficient (Wildman–Crippen LogP) is 0.551. The van der Waals surface area contributed by atoms with E-state index in [9.17, 15) is 0 Å². The lowest BCUT2D eigenvalue weighted by Crippen LogP contribution is -2.12. The molecule has 1 heterocycles. The van der Waals surface area contributed by atoms with Crippen LogP contribution >= 0.6 is 0 Å². The van der Waals surface area contributed by atoms with Gasteiger partial charge in [-0.25, -0.2) is 4.98 Å². The van der Waals surface area contributed by atoms with E-state index in [1.165, 1.54) is 0 Å². The van der Waals surface area contributed by atoms with Crippen LogP contribution in [0.3, 0.4) is 0 Å². The molecule has 0 aliphatic rings. The molecule has 0 atom stereocenters. The van der Waals surface area contributed by atoms with Crippen LogP contribution in [-0.2, 0) is 0 Å². The van der Waals surface area contributed by atoms with Gasteiger partial charge in [-0.1, -0.05) is 0 Å². The number of hydrogen-bond acceptors (Lipinski definition) is 2. The Morgan fingerprint density at radius 2 is 2.30 bits per heavy atom. The summed E-state index contributed by atoms with van der Waals surface area (Å²) in [6.45, 7) is 0. The third-order valence-electron chi connectivity index (χ3n) is 1.26. The number of rotatable bonds is 2. The predicted molar refractivity (Wildman–Crippen MR) is 39.1 cm³/mol. The van der Waals surface area contributed by atoms with Gasteiger partial charge in [0.2, 0.25) is 0 Å². The first-order valence-electron chi connectivity index (χ1n) is 3.11. The second-order valence-electron chi connectivity index (χ2n) is 1.88. The molecule has 0 aromatic carbocycles. The number of nitrogens with one attached hydrogen (secondary N) is 2. The van der Waals surface area contributed by atoms with Gasteiger partial charge in [-0.05, 0) is 6.07 Å². The summed E-state index contributed by atoms with van der Waals surface area (Å²) in [5, 5.41) is 2.97. The molecule has 0 spiro atoms. The second kappa shape index (κ2) is 3.06. The molecule has 54 valence electrons. The molecule has 0 bridgehead atoms. The van der Waals surface area contributed by atoms with Crippen molar-refractivity contribution in [3.05, 3.63) is 18.2 Å². The SMILES string of the molecule is CNc1cccc(OC)[nH+]1. The summed E-state index contributed by atoms with van der Waals surface area (Å²) in [4.78, 5) is 3.01. The maximum atomic E-state index is 4.96. The Labute approximate surface area is 60.0 Å². The highest BCUT2D eigenvalue weighted by atomic mass is 16.5. The highest BCUT2D eigenvalue weighted by molar-refractivity contribution is 5.27. The monoisotopic (exact) mass is 139 g/mol.